The Morgan fingerprint density at radius 2 is 2.12 bits per heavy atom. The molecule has 2 atom stereocenters. The summed E-state index contributed by atoms with van der Waals surface area (Å²) in [4.78, 5) is 0. The zero-order valence-electron chi connectivity index (χ0n) is 10.3. The van der Waals surface area contributed by atoms with Crippen LogP contribution in [0.2, 0.25) is 5.28 Å². The van der Waals surface area contributed by atoms with Crippen molar-refractivity contribution in [2.75, 3.05) is 0 Å². The Hall–Kier alpha value is -0.570. The zero-order chi connectivity index (χ0) is 11.7. The summed E-state index contributed by atoms with van der Waals surface area (Å²) < 4.78 is 2.10. The molecule has 1 heterocycles. The number of halogens is 1. The standard InChI is InChI=1S/C12H20ClN3/c1-8(2)11-14-15-12(13)16(11)7-10-6-4-5-9(10)3/h8-10H,4-7H2,1-3H3. The Morgan fingerprint density at radius 3 is 2.69 bits per heavy atom. The van der Waals surface area contributed by atoms with Gasteiger partial charge in [0.15, 0.2) is 0 Å². The predicted molar refractivity (Wildman–Crippen MR) is 65.6 cm³/mol. The van der Waals surface area contributed by atoms with Crippen LogP contribution in [0, 0.1) is 11.8 Å². The van der Waals surface area contributed by atoms with Crippen molar-refractivity contribution in [3.63, 3.8) is 0 Å². The fraction of sp³-hybridized carbons (Fsp3) is 0.833. The third-order valence-electron chi connectivity index (χ3n) is 3.71. The molecule has 0 bridgehead atoms. The third-order valence-corrected chi connectivity index (χ3v) is 3.99. The SMILES string of the molecule is CC(C)c1nnc(Cl)n1CC1CCCC1C. The molecular formula is C12H20ClN3. The van der Waals surface area contributed by atoms with Crippen molar-refractivity contribution in [1.29, 1.82) is 0 Å². The van der Waals surface area contributed by atoms with Gasteiger partial charge in [0.05, 0.1) is 0 Å². The molecule has 90 valence electrons. The highest BCUT2D eigenvalue weighted by molar-refractivity contribution is 6.28. The van der Waals surface area contributed by atoms with Crippen LogP contribution in [-0.2, 0) is 6.54 Å². The van der Waals surface area contributed by atoms with Crippen LogP contribution in [0.15, 0.2) is 0 Å². The molecule has 2 unspecified atom stereocenters. The average molecular weight is 242 g/mol. The summed E-state index contributed by atoms with van der Waals surface area (Å²) >= 11 is 6.10. The number of hydrogen-bond acceptors (Lipinski definition) is 2. The highest BCUT2D eigenvalue weighted by Crippen LogP contribution is 2.33. The first-order valence-corrected chi connectivity index (χ1v) is 6.56. The van der Waals surface area contributed by atoms with Gasteiger partial charge in [-0.3, -0.25) is 0 Å². The molecule has 1 aromatic heterocycles. The van der Waals surface area contributed by atoms with Crippen LogP contribution in [0.4, 0.5) is 0 Å². The van der Waals surface area contributed by atoms with E-state index in [4.69, 9.17) is 11.6 Å². The minimum absolute atomic E-state index is 0.386. The maximum Gasteiger partial charge on any atom is 0.225 e. The smallest absolute Gasteiger partial charge is 0.225 e. The molecule has 0 aliphatic heterocycles. The lowest BCUT2D eigenvalue weighted by Gasteiger charge is -2.18. The Balaban J connectivity index is 2.16. The van der Waals surface area contributed by atoms with Gasteiger partial charge in [-0.2, -0.15) is 0 Å². The maximum absolute atomic E-state index is 6.10. The molecule has 1 saturated carbocycles. The Labute approximate surface area is 102 Å². The molecule has 0 aromatic carbocycles. The first-order valence-electron chi connectivity index (χ1n) is 6.18. The van der Waals surface area contributed by atoms with Gasteiger partial charge in [0.25, 0.3) is 0 Å². The summed E-state index contributed by atoms with van der Waals surface area (Å²) in [6.07, 6.45) is 4.01. The van der Waals surface area contributed by atoms with E-state index in [1.54, 1.807) is 0 Å². The third kappa shape index (κ3) is 2.24. The lowest BCUT2D eigenvalue weighted by molar-refractivity contribution is 0.357. The predicted octanol–water partition coefficient (Wildman–Crippen LogP) is 3.49. The maximum atomic E-state index is 6.10. The minimum atomic E-state index is 0.386. The minimum Gasteiger partial charge on any atom is -0.301 e. The van der Waals surface area contributed by atoms with Crippen molar-refractivity contribution in [3.05, 3.63) is 11.1 Å². The number of aromatic nitrogens is 3. The molecule has 1 aliphatic rings. The van der Waals surface area contributed by atoms with E-state index in [0.717, 1.165) is 24.2 Å². The summed E-state index contributed by atoms with van der Waals surface area (Å²) in [6.45, 7) is 7.59. The van der Waals surface area contributed by atoms with Gasteiger partial charge in [-0.05, 0) is 29.9 Å². The van der Waals surface area contributed by atoms with E-state index < -0.39 is 0 Å². The molecule has 16 heavy (non-hydrogen) atoms. The number of hydrogen-bond donors (Lipinski definition) is 0. The normalized spacial score (nSPS) is 25.6. The topological polar surface area (TPSA) is 30.7 Å². The van der Waals surface area contributed by atoms with E-state index in [1.165, 1.54) is 19.3 Å². The first kappa shape index (κ1) is 11.9. The molecule has 0 saturated heterocycles. The van der Waals surface area contributed by atoms with Crippen LogP contribution < -0.4 is 0 Å². The van der Waals surface area contributed by atoms with Gasteiger partial charge in [0, 0.05) is 12.5 Å². The van der Waals surface area contributed by atoms with Gasteiger partial charge in [-0.25, -0.2) is 0 Å². The summed E-state index contributed by atoms with van der Waals surface area (Å²) in [6, 6.07) is 0. The van der Waals surface area contributed by atoms with E-state index in [-0.39, 0.29) is 0 Å². The Bertz CT molecular complexity index is 359. The van der Waals surface area contributed by atoms with Crippen molar-refractivity contribution in [2.45, 2.75) is 52.5 Å². The highest BCUT2D eigenvalue weighted by Gasteiger charge is 2.26. The van der Waals surface area contributed by atoms with E-state index in [9.17, 15) is 0 Å². The molecule has 0 amide bonds. The summed E-state index contributed by atoms with van der Waals surface area (Å²) in [7, 11) is 0. The zero-order valence-corrected chi connectivity index (χ0v) is 11.0. The molecule has 2 rings (SSSR count). The van der Waals surface area contributed by atoms with Gasteiger partial charge in [-0.1, -0.05) is 33.6 Å². The Morgan fingerprint density at radius 1 is 1.38 bits per heavy atom. The second kappa shape index (κ2) is 4.74. The van der Waals surface area contributed by atoms with Crippen molar-refractivity contribution < 1.29 is 0 Å². The van der Waals surface area contributed by atoms with E-state index in [2.05, 4.69) is 35.5 Å². The van der Waals surface area contributed by atoms with Gasteiger partial charge < -0.3 is 4.57 Å². The molecule has 1 fully saturated rings. The van der Waals surface area contributed by atoms with Crippen molar-refractivity contribution >= 4 is 11.6 Å². The van der Waals surface area contributed by atoms with E-state index >= 15 is 0 Å². The van der Waals surface area contributed by atoms with Gasteiger partial charge in [0.1, 0.15) is 5.82 Å². The largest absolute Gasteiger partial charge is 0.301 e. The molecule has 0 spiro atoms. The lowest BCUT2D eigenvalue weighted by Crippen LogP contribution is -2.16. The van der Waals surface area contributed by atoms with Crippen molar-refractivity contribution in [1.82, 2.24) is 14.8 Å². The van der Waals surface area contributed by atoms with Crippen LogP contribution in [0.25, 0.3) is 0 Å². The van der Waals surface area contributed by atoms with E-state index in [1.807, 2.05) is 0 Å². The first-order chi connectivity index (χ1) is 7.59. The van der Waals surface area contributed by atoms with Crippen molar-refractivity contribution in [2.24, 2.45) is 11.8 Å². The van der Waals surface area contributed by atoms with Crippen molar-refractivity contribution in [3.8, 4) is 0 Å². The average Bonchev–Trinajstić information content (AvgIpc) is 2.76. The van der Waals surface area contributed by atoms with E-state index in [0.29, 0.717) is 11.2 Å². The Kier molecular flexibility index (Phi) is 3.53. The number of rotatable bonds is 3. The summed E-state index contributed by atoms with van der Waals surface area (Å²) in [5.74, 6) is 2.95. The highest BCUT2D eigenvalue weighted by atomic mass is 35.5. The number of nitrogens with zero attached hydrogens (tertiary/aromatic N) is 3. The second-order valence-electron chi connectivity index (χ2n) is 5.26. The molecule has 3 nitrogen and oxygen atoms in total. The fourth-order valence-corrected chi connectivity index (χ4v) is 2.81. The second-order valence-corrected chi connectivity index (χ2v) is 5.60. The quantitative estimate of drug-likeness (QED) is 0.811. The molecule has 4 heteroatoms. The van der Waals surface area contributed by atoms with Crippen LogP contribution in [-0.4, -0.2) is 14.8 Å². The van der Waals surface area contributed by atoms with Crippen LogP contribution in [0.5, 0.6) is 0 Å². The van der Waals surface area contributed by atoms with Crippen LogP contribution >= 0.6 is 11.6 Å². The van der Waals surface area contributed by atoms with Gasteiger partial charge in [0.2, 0.25) is 5.28 Å². The summed E-state index contributed by atoms with van der Waals surface area (Å²) in [5, 5.41) is 8.69. The fourth-order valence-electron chi connectivity index (χ4n) is 2.62. The molecule has 1 aliphatic carbocycles. The van der Waals surface area contributed by atoms with Crippen LogP contribution in [0.1, 0.15) is 51.8 Å². The van der Waals surface area contributed by atoms with Gasteiger partial charge in [-0.15, -0.1) is 10.2 Å². The summed E-state index contributed by atoms with van der Waals surface area (Å²) in [5.41, 5.74) is 0. The molecule has 0 N–H and O–H groups in total. The monoisotopic (exact) mass is 241 g/mol. The van der Waals surface area contributed by atoms with Gasteiger partial charge >= 0.3 is 0 Å². The molecule has 0 radical (unpaired) electrons. The molecular weight excluding hydrogens is 222 g/mol. The van der Waals surface area contributed by atoms with Crippen LogP contribution in [0.3, 0.4) is 0 Å². The lowest BCUT2D eigenvalue weighted by atomic mass is 9.98. The molecule has 1 aromatic rings.